The summed E-state index contributed by atoms with van der Waals surface area (Å²) in [6.45, 7) is 4.63. The summed E-state index contributed by atoms with van der Waals surface area (Å²) in [5.41, 5.74) is 0. The van der Waals surface area contributed by atoms with Gasteiger partial charge in [0.15, 0.2) is 0 Å². The standard InChI is InChI=1S/C13H19NO2/c1-2-15-12-8-13(10-14-9-12)16-11-6-4-3-5-7-11/h3-7,12-14H,2,8-10H2,1H3/t12-,13+/m1/s1. The van der Waals surface area contributed by atoms with Crippen LogP contribution in [0.2, 0.25) is 0 Å². The number of hydrogen-bond acceptors (Lipinski definition) is 3. The molecule has 1 N–H and O–H groups in total. The molecule has 0 bridgehead atoms. The van der Waals surface area contributed by atoms with Gasteiger partial charge in [-0.1, -0.05) is 18.2 Å². The maximum Gasteiger partial charge on any atom is 0.119 e. The zero-order valence-electron chi connectivity index (χ0n) is 9.69. The highest BCUT2D eigenvalue weighted by Gasteiger charge is 2.22. The molecule has 1 aromatic carbocycles. The summed E-state index contributed by atoms with van der Waals surface area (Å²) in [5, 5.41) is 3.34. The molecule has 1 aliphatic rings. The minimum atomic E-state index is 0.215. The van der Waals surface area contributed by atoms with Crippen LogP contribution in [0.15, 0.2) is 30.3 Å². The highest BCUT2D eigenvalue weighted by Crippen LogP contribution is 2.16. The summed E-state index contributed by atoms with van der Waals surface area (Å²) in [5.74, 6) is 0.937. The van der Waals surface area contributed by atoms with E-state index in [4.69, 9.17) is 9.47 Å². The van der Waals surface area contributed by atoms with Crippen LogP contribution < -0.4 is 10.1 Å². The van der Waals surface area contributed by atoms with Gasteiger partial charge >= 0.3 is 0 Å². The van der Waals surface area contributed by atoms with Crippen molar-refractivity contribution in [1.29, 1.82) is 0 Å². The molecule has 0 unspecified atom stereocenters. The lowest BCUT2D eigenvalue weighted by molar-refractivity contribution is 0.00838. The molecule has 2 rings (SSSR count). The first-order valence-electron chi connectivity index (χ1n) is 5.92. The van der Waals surface area contributed by atoms with E-state index in [0.717, 1.165) is 31.9 Å². The number of benzene rings is 1. The van der Waals surface area contributed by atoms with E-state index in [2.05, 4.69) is 5.32 Å². The fourth-order valence-corrected chi connectivity index (χ4v) is 2.01. The number of para-hydroxylation sites is 1. The molecule has 3 heteroatoms. The Bertz CT molecular complexity index is 300. The molecule has 1 aromatic rings. The molecule has 0 aromatic heterocycles. The van der Waals surface area contributed by atoms with Gasteiger partial charge in [0.05, 0.1) is 6.10 Å². The topological polar surface area (TPSA) is 30.5 Å². The van der Waals surface area contributed by atoms with Crippen molar-refractivity contribution in [2.75, 3.05) is 19.7 Å². The summed E-state index contributed by atoms with van der Waals surface area (Å²) in [4.78, 5) is 0. The lowest BCUT2D eigenvalue weighted by atomic mass is 10.1. The Hall–Kier alpha value is -1.06. The average molecular weight is 221 g/mol. The molecule has 3 nitrogen and oxygen atoms in total. The van der Waals surface area contributed by atoms with E-state index in [1.165, 1.54) is 0 Å². The SMILES string of the molecule is CCO[C@H]1CNC[C@@H](Oc2ccccc2)C1. The fraction of sp³-hybridized carbons (Fsp3) is 0.538. The predicted molar refractivity (Wildman–Crippen MR) is 63.8 cm³/mol. The normalized spacial score (nSPS) is 25.3. The van der Waals surface area contributed by atoms with Gasteiger partial charge in [-0.05, 0) is 19.1 Å². The van der Waals surface area contributed by atoms with Gasteiger partial charge < -0.3 is 14.8 Å². The minimum absolute atomic E-state index is 0.215. The van der Waals surface area contributed by atoms with Gasteiger partial charge in [0.1, 0.15) is 11.9 Å². The van der Waals surface area contributed by atoms with E-state index in [9.17, 15) is 0 Å². The molecular formula is C13H19NO2. The lowest BCUT2D eigenvalue weighted by Gasteiger charge is -2.30. The molecule has 0 aliphatic carbocycles. The van der Waals surface area contributed by atoms with Gasteiger partial charge in [-0.3, -0.25) is 0 Å². The smallest absolute Gasteiger partial charge is 0.119 e. The van der Waals surface area contributed by atoms with Gasteiger partial charge in [0.2, 0.25) is 0 Å². The molecule has 0 spiro atoms. The quantitative estimate of drug-likeness (QED) is 0.841. The van der Waals surface area contributed by atoms with Crippen LogP contribution in [0.4, 0.5) is 0 Å². The van der Waals surface area contributed by atoms with Crippen LogP contribution in [0.25, 0.3) is 0 Å². The Balaban J connectivity index is 1.85. The summed E-state index contributed by atoms with van der Waals surface area (Å²) in [6.07, 6.45) is 1.47. The summed E-state index contributed by atoms with van der Waals surface area (Å²) < 4.78 is 11.5. The van der Waals surface area contributed by atoms with Crippen LogP contribution in [0.1, 0.15) is 13.3 Å². The predicted octanol–water partition coefficient (Wildman–Crippen LogP) is 1.83. The summed E-state index contributed by atoms with van der Waals surface area (Å²) in [7, 11) is 0. The highest BCUT2D eigenvalue weighted by molar-refractivity contribution is 5.21. The van der Waals surface area contributed by atoms with E-state index in [-0.39, 0.29) is 12.2 Å². The first kappa shape index (κ1) is 11.4. The van der Waals surface area contributed by atoms with Crippen LogP contribution >= 0.6 is 0 Å². The van der Waals surface area contributed by atoms with E-state index in [1.807, 2.05) is 37.3 Å². The van der Waals surface area contributed by atoms with Crippen LogP contribution in [-0.2, 0) is 4.74 Å². The summed E-state index contributed by atoms with van der Waals surface area (Å²) >= 11 is 0. The van der Waals surface area contributed by atoms with Crippen LogP contribution in [-0.4, -0.2) is 31.9 Å². The maximum absolute atomic E-state index is 5.89. The number of rotatable bonds is 4. The number of nitrogens with one attached hydrogen (secondary N) is 1. The third-order valence-corrected chi connectivity index (χ3v) is 2.72. The number of ether oxygens (including phenoxy) is 2. The maximum atomic E-state index is 5.89. The largest absolute Gasteiger partial charge is 0.489 e. The first-order valence-corrected chi connectivity index (χ1v) is 5.92. The first-order chi connectivity index (χ1) is 7.88. The van der Waals surface area contributed by atoms with Crippen molar-refractivity contribution in [1.82, 2.24) is 5.32 Å². The number of hydrogen-bond donors (Lipinski definition) is 1. The summed E-state index contributed by atoms with van der Waals surface area (Å²) in [6, 6.07) is 9.96. The molecule has 2 atom stereocenters. The Morgan fingerprint density at radius 2 is 1.94 bits per heavy atom. The Morgan fingerprint density at radius 1 is 1.19 bits per heavy atom. The molecule has 0 saturated carbocycles. The minimum Gasteiger partial charge on any atom is -0.489 e. The second kappa shape index (κ2) is 5.87. The molecule has 88 valence electrons. The third kappa shape index (κ3) is 3.22. The van der Waals surface area contributed by atoms with Gasteiger partial charge in [0.25, 0.3) is 0 Å². The van der Waals surface area contributed by atoms with E-state index < -0.39 is 0 Å². The zero-order valence-corrected chi connectivity index (χ0v) is 9.69. The third-order valence-electron chi connectivity index (χ3n) is 2.72. The molecule has 1 heterocycles. The fourth-order valence-electron chi connectivity index (χ4n) is 2.01. The monoisotopic (exact) mass is 221 g/mol. The molecule has 0 radical (unpaired) electrons. The molecule has 1 fully saturated rings. The van der Waals surface area contributed by atoms with E-state index in [1.54, 1.807) is 0 Å². The lowest BCUT2D eigenvalue weighted by Crippen LogP contribution is -2.45. The van der Waals surface area contributed by atoms with Crippen molar-refractivity contribution < 1.29 is 9.47 Å². The number of piperidine rings is 1. The molecule has 1 aliphatic heterocycles. The molecule has 1 saturated heterocycles. The second-order valence-corrected chi connectivity index (χ2v) is 4.02. The Labute approximate surface area is 96.8 Å². The van der Waals surface area contributed by atoms with Crippen molar-refractivity contribution >= 4 is 0 Å². The van der Waals surface area contributed by atoms with Crippen molar-refractivity contribution in [2.45, 2.75) is 25.6 Å². The average Bonchev–Trinajstić information content (AvgIpc) is 2.31. The van der Waals surface area contributed by atoms with E-state index in [0.29, 0.717) is 0 Å². The van der Waals surface area contributed by atoms with Crippen molar-refractivity contribution in [3.8, 4) is 5.75 Å². The van der Waals surface area contributed by atoms with Crippen molar-refractivity contribution in [2.24, 2.45) is 0 Å². The Morgan fingerprint density at radius 3 is 2.69 bits per heavy atom. The van der Waals surface area contributed by atoms with Crippen molar-refractivity contribution in [3.05, 3.63) is 30.3 Å². The molecular weight excluding hydrogens is 202 g/mol. The van der Waals surface area contributed by atoms with Gasteiger partial charge in [-0.15, -0.1) is 0 Å². The van der Waals surface area contributed by atoms with Gasteiger partial charge in [-0.25, -0.2) is 0 Å². The highest BCUT2D eigenvalue weighted by atomic mass is 16.5. The van der Waals surface area contributed by atoms with Crippen molar-refractivity contribution in [3.63, 3.8) is 0 Å². The second-order valence-electron chi connectivity index (χ2n) is 4.02. The van der Waals surface area contributed by atoms with E-state index >= 15 is 0 Å². The van der Waals surface area contributed by atoms with Crippen LogP contribution in [0.3, 0.4) is 0 Å². The van der Waals surface area contributed by atoms with Gasteiger partial charge in [-0.2, -0.15) is 0 Å². The van der Waals surface area contributed by atoms with Gasteiger partial charge in [0, 0.05) is 26.1 Å². The zero-order chi connectivity index (χ0) is 11.2. The van der Waals surface area contributed by atoms with Crippen LogP contribution in [0, 0.1) is 0 Å². The molecule has 16 heavy (non-hydrogen) atoms. The molecule has 0 amide bonds. The Kier molecular flexibility index (Phi) is 4.19. The van der Waals surface area contributed by atoms with Crippen LogP contribution in [0.5, 0.6) is 5.75 Å².